The number of benzene rings is 1. The van der Waals surface area contributed by atoms with Crippen LogP contribution in [0.25, 0.3) is 0 Å². The van der Waals surface area contributed by atoms with Crippen LogP contribution < -0.4 is 5.32 Å². The van der Waals surface area contributed by atoms with Gasteiger partial charge in [0, 0.05) is 10.5 Å². The zero-order chi connectivity index (χ0) is 13.0. The summed E-state index contributed by atoms with van der Waals surface area (Å²) >= 11 is 3.62. The van der Waals surface area contributed by atoms with E-state index < -0.39 is 0 Å². The van der Waals surface area contributed by atoms with E-state index in [4.69, 9.17) is 0 Å². The van der Waals surface area contributed by atoms with Crippen LogP contribution in [0.2, 0.25) is 0 Å². The Kier molecular flexibility index (Phi) is 5.22. The summed E-state index contributed by atoms with van der Waals surface area (Å²) in [6.45, 7) is 5.87. The highest BCUT2D eigenvalue weighted by Crippen LogP contribution is 2.23. The van der Waals surface area contributed by atoms with Crippen LogP contribution in [-0.2, 0) is 0 Å². The zero-order valence-electron chi connectivity index (χ0n) is 11.3. The Morgan fingerprint density at radius 3 is 2.67 bits per heavy atom. The molecule has 2 rings (SSSR count). The van der Waals surface area contributed by atoms with Crippen LogP contribution in [0.3, 0.4) is 0 Å². The number of piperidine rings is 1. The van der Waals surface area contributed by atoms with Crippen LogP contribution in [0.15, 0.2) is 28.7 Å². The first-order valence-electron chi connectivity index (χ1n) is 6.83. The van der Waals surface area contributed by atoms with Crippen LogP contribution in [0.1, 0.15) is 31.4 Å². The summed E-state index contributed by atoms with van der Waals surface area (Å²) in [6, 6.07) is 8.89. The van der Waals surface area contributed by atoms with E-state index in [9.17, 15) is 0 Å². The van der Waals surface area contributed by atoms with E-state index in [0.717, 1.165) is 12.5 Å². The Labute approximate surface area is 119 Å². The standard InChI is InChI=1S/C15H23BrN2/c1-12(14-5-3-4-6-15(14)16)17-11-13-7-9-18(2)10-8-13/h3-6,12-13,17H,7-11H2,1-2H3. The highest BCUT2D eigenvalue weighted by molar-refractivity contribution is 9.10. The van der Waals surface area contributed by atoms with Gasteiger partial charge in [0.25, 0.3) is 0 Å². The normalized spacial score (nSPS) is 19.9. The Morgan fingerprint density at radius 1 is 1.33 bits per heavy atom. The molecule has 3 heteroatoms. The van der Waals surface area contributed by atoms with Crippen molar-refractivity contribution in [3.63, 3.8) is 0 Å². The number of rotatable bonds is 4. The molecule has 1 aromatic carbocycles. The van der Waals surface area contributed by atoms with Crippen LogP contribution in [0.5, 0.6) is 0 Å². The fourth-order valence-electron chi connectivity index (χ4n) is 2.55. The maximum Gasteiger partial charge on any atom is 0.0303 e. The summed E-state index contributed by atoms with van der Waals surface area (Å²) in [7, 11) is 2.22. The second-order valence-corrected chi connectivity index (χ2v) is 6.25. The average Bonchev–Trinajstić information content (AvgIpc) is 2.38. The molecule has 0 bridgehead atoms. The van der Waals surface area contributed by atoms with Gasteiger partial charge in [0.2, 0.25) is 0 Å². The van der Waals surface area contributed by atoms with E-state index in [-0.39, 0.29) is 0 Å². The lowest BCUT2D eigenvalue weighted by Crippen LogP contribution is -2.35. The molecule has 1 fully saturated rings. The summed E-state index contributed by atoms with van der Waals surface area (Å²) in [5.74, 6) is 0.839. The lowest BCUT2D eigenvalue weighted by atomic mass is 9.96. The van der Waals surface area contributed by atoms with E-state index >= 15 is 0 Å². The van der Waals surface area contributed by atoms with E-state index in [2.05, 4.69) is 64.4 Å². The van der Waals surface area contributed by atoms with Gasteiger partial charge in [-0.2, -0.15) is 0 Å². The number of nitrogens with zero attached hydrogens (tertiary/aromatic N) is 1. The molecule has 1 atom stereocenters. The molecule has 1 aromatic rings. The zero-order valence-corrected chi connectivity index (χ0v) is 12.9. The molecule has 1 aliphatic heterocycles. The van der Waals surface area contributed by atoms with E-state index in [1.165, 1.54) is 36.0 Å². The van der Waals surface area contributed by atoms with Crippen molar-refractivity contribution in [3.05, 3.63) is 34.3 Å². The van der Waals surface area contributed by atoms with Gasteiger partial charge in [0.15, 0.2) is 0 Å². The van der Waals surface area contributed by atoms with Crippen molar-refractivity contribution in [2.75, 3.05) is 26.7 Å². The van der Waals surface area contributed by atoms with E-state index in [1.807, 2.05) is 0 Å². The summed E-state index contributed by atoms with van der Waals surface area (Å²) in [6.07, 6.45) is 2.65. The molecule has 18 heavy (non-hydrogen) atoms. The molecule has 0 radical (unpaired) electrons. The maximum absolute atomic E-state index is 3.68. The van der Waals surface area contributed by atoms with Gasteiger partial charge in [0.1, 0.15) is 0 Å². The maximum atomic E-state index is 3.68. The SMILES string of the molecule is CC(NCC1CCN(C)CC1)c1ccccc1Br. The second-order valence-electron chi connectivity index (χ2n) is 5.40. The molecule has 100 valence electrons. The van der Waals surface area contributed by atoms with Crippen molar-refractivity contribution in [1.29, 1.82) is 0 Å². The third-order valence-corrected chi connectivity index (χ3v) is 4.64. The third kappa shape index (κ3) is 3.81. The van der Waals surface area contributed by atoms with Crippen LogP contribution >= 0.6 is 15.9 Å². The molecule has 1 unspecified atom stereocenters. The van der Waals surface area contributed by atoms with Gasteiger partial charge in [-0.15, -0.1) is 0 Å². The molecule has 0 aliphatic carbocycles. The van der Waals surface area contributed by atoms with Crippen LogP contribution in [0, 0.1) is 5.92 Å². The quantitative estimate of drug-likeness (QED) is 0.916. The molecule has 0 saturated carbocycles. The van der Waals surface area contributed by atoms with Gasteiger partial charge >= 0.3 is 0 Å². The van der Waals surface area contributed by atoms with Crippen LogP contribution in [0.4, 0.5) is 0 Å². The molecule has 1 aliphatic rings. The molecule has 1 N–H and O–H groups in total. The minimum absolute atomic E-state index is 0.417. The number of nitrogens with one attached hydrogen (secondary N) is 1. The molecule has 0 spiro atoms. The summed E-state index contributed by atoms with van der Waals surface area (Å²) < 4.78 is 1.20. The van der Waals surface area contributed by atoms with Gasteiger partial charge in [-0.3, -0.25) is 0 Å². The number of halogens is 1. The molecule has 2 nitrogen and oxygen atoms in total. The lowest BCUT2D eigenvalue weighted by Gasteiger charge is -2.30. The van der Waals surface area contributed by atoms with Gasteiger partial charge in [-0.1, -0.05) is 34.1 Å². The van der Waals surface area contributed by atoms with Crippen molar-refractivity contribution in [2.24, 2.45) is 5.92 Å². The molecule has 0 amide bonds. The first-order valence-corrected chi connectivity index (χ1v) is 7.62. The predicted octanol–water partition coefficient (Wildman–Crippen LogP) is 3.44. The first-order chi connectivity index (χ1) is 8.66. The predicted molar refractivity (Wildman–Crippen MR) is 80.8 cm³/mol. The minimum atomic E-state index is 0.417. The van der Waals surface area contributed by atoms with Gasteiger partial charge < -0.3 is 10.2 Å². The lowest BCUT2D eigenvalue weighted by molar-refractivity contribution is 0.213. The number of likely N-dealkylation sites (tertiary alicyclic amines) is 1. The summed E-state index contributed by atoms with van der Waals surface area (Å²) in [5.41, 5.74) is 1.35. The number of hydrogen-bond donors (Lipinski definition) is 1. The van der Waals surface area contributed by atoms with Crippen molar-refractivity contribution in [2.45, 2.75) is 25.8 Å². The minimum Gasteiger partial charge on any atom is -0.310 e. The Balaban J connectivity index is 1.81. The smallest absolute Gasteiger partial charge is 0.0303 e. The molecular formula is C15H23BrN2. The van der Waals surface area contributed by atoms with Crippen molar-refractivity contribution in [3.8, 4) is 0 Å². The molecular weight excluding hydrogens is 288 g/mol. The topological polar surface area (TPSA) is 15.3 Å². The van der Waals surface area contributed by atoms with Gasteiger partial charge in [-0.25, -0.2) is 0 Å². The monoisotopic (exact) mass is 310 g/mol. The Hall–Kier alpha value is -0.380. The van der Waals surface area contributed by atoms with E-state index in [0.29, 0.717) is 6.04 Å². The number of hydrogen-bond acceptors (Lipinski definition) is 2. The Morgan fingerprint density at radius 2 is 2.00 bits per heavy atom. The largest absolute Gasteiger partial charge is 0.310 e. The highest BCUT2D eigenvalue weighted by atomic mass is 79.9. The van der Waals surface area contributed by atoms with Gasteiger partial charge in [-0.05, 0) is 64.0 Å². The molecule has 0 aromatic heterocycles. The van der Waals surface area contributed by atoms with Gasteiger partial charge in [0.05, 0.1) is 0 Å². The van der Waals surface area contributed by atoms with Crippen LogP contribution in [-0.4, -0.2) is 31.6 Å². The third-order valence-electron chi connectivity index (χ3n) is 3.92. The second kappa shape index (κ2) is 6.69. The molecule has 1 saturated heterocycles. The van der Waals surface area contributed by atoms with Crippen molar-refractivity contribution in [1.82, 2.24) is 10.2 Å². The fourth-order valence-corrected chi connectivity index (χ4v) is 3.17. The Bertz CT molecular complexity index is 373. The summed E-state index contributed by atoms with van der Waals surface area (Å²) in [5, 5.41) is 3.68. The van der Waals surface area contributed by atoms with E-state index in [1.54, 1.807) is 0 Å². The first kappa shape index (κ1) is 14.0. The fraction of sp³-hybridized carbons (Fsp3) is 0.600. The highest BCUT2D eigenvalue weighted by Gasteiger charge is 2.17. The average molecular weight is 311 g/mol. The van der Waals surface area contributed by atoms with Crippen molar-refractivity contribution < 1.29 is 0 Å². The van der Waals surface area contributed by atoms with Crippen molar-refractivity contribution >= 4 is 15.9 Å². The molecule has 1 heterocycles. The summed E-state index contributed by atoms with van der Waals surface area (Å²) in [4.78, 5) is 2.42.